The number of amides is 2. The van der Waals surface area contributed by atoms with Gasteiger partial charge in [-0.3, -0.25) is 0 Å². The molecule has 1 N–H and O–H groups in total. The topological polar surface area (TPSA) is 80.5 Å². The highest BCUT2D eigenvalue weighted by Crippen LogP contribution is 2.29. The van der Waals surface area contributed by atoms with Crippen molar-refractivity contribution in [3.05, 3.63) is 60.0 Å². The third-order valence-electron chi connectivity index (χ3n) is 5.17. The van der Waals surface area contributed by atoms with E-state index in [-0.39, 0.29) is 11.9 Å². The molecule has 0 spiro atoms. The molecule has 0 unspecified atom stereocenters. The van der Waals surface area contributed by atoms with Gasteiger partial charge in [-0.15, -0.1) is 0 Å². The molecule has 1 aromatic heterocycles. The molecule has 0 radical (unpaired) electrons. The van der Waals surface area contributed by atoms with Gasteiger partial charge in [-0.25, -0.2) is 4.79 Å². The van der Waals surface area contributed by atoms with Gasteiger partial charge >= 0.3 is 6.03 Å². The molecule has 1 saturated heterocycles. The van der Waals surface area contributed by atoms with Crippen molar-refractivity contribution < 1.29 is 14.1 Å². The highest BCUT2D eigenvalue weighted by Gasteiger charge is 2.27. The summed E-state index contributed by atoms with van der Waals surface area (Å²) in [5.74, 6) is 2.09. The Labute approximate surface area is 169 Å². The van der Waals surface area contributed by atoms with E-state index in [1.165, 1.54) is 0 Å². The van der Waals surface area contributed by atoms with Crippen molar-refractivity contribution in [3.63, 3.8) is 0 Å². The monoisotopic (exact) mass is 392 g/mol. The number of anilines is 1. The van der Waals surface area contributed by atoms with Gasteiger partial charge in [0.05, 0.1) is 7.11 Å². The molecule has 4 rings (SSSR count). The fraction of sp³-hybridized carbons (Fsp3) is 0.318. The van der Waals surface area contributed by atoms with Crippen LogP contribution in [-0.2, 0) is 0 Å². The van der Waals surface area contributed by atoms with Crippen molar-refractivity contribution in [3.8, 4) is 17.1 Å². The van der Waals surface area contributed by atoms with Gasteiger partial charge in [-0.05, 0) is 49.6 Å². The molecule has 1 aliphatic rings. The molecule has 0 aliphatic carbocycles. The van der Waals surface area contributed by atoms with Crippen LogP contribution in [0.4, 0.5) is 10.5 Å². The van der Waals surface area contributed by atoms with E-state index in [2.05, 4.69) is 15.5 Å². The van der Waals surface area contributed by atoms with Gasteiger partial charge in [0.25, 0.3) is 0 Å². The number of hydrogen-bond acceptors (Lipinski definition) is 5. The lowest BCUT2D eigenvalue weighted by atomic mass is 9.97. The number of ether oxygens (including phenoxy) is 1. The molecule has 2 aromatic carbocycles. The second kappa shape index (κ2) is 8.34. The molecule has 1 fully saturated rings. The van der Waals surface area contributed by atoms with E-state index in [9.17, 15) is 4.79 Å². The van der Waals surface area contributed by atoms with Crippen LogP contribution in [0.15, 0.2) is 53.1 Å². The lowest BCUT2D eigenvalue weighted by Gasteiger charge is -2.30. The van der Waals surface area contributed by atoms with Gasteiger partial charge in [0, 0.05) is 30.3 Å². The summed E-state index contributed by atoms with van der Waals surface area (Å²) in [4.78, 5) is 18.9. The highest BCUT2D eigenvalue weighted by molar-refractivity contribution is 5.89. The summed E-state index contributed by atoms with van der Waals surface area (Å²) in [6.45, 7) is 3.31. The Bertz CT molecular complexity index is 993. The largest absolute Gasteiger partial charge is 0.497 e. The van der Waals surface area contributed by atoms with Gasteiger partial charge in [-0.1, -0.05) is 29.4 Å². The molecule has 29 heavy (non-hydrogen) atoms. The normalized spacial score (nSPS) is 14.6. The van der Waals surface area contributed by atoms with Crippen LogP contribution >= 0.6 is 0 Å². The van der Waals surface area contributed by atoms with Crippen LogP contribution in [0.1, 0.15) is 30.2 Å². The first-order valence-electron chi connectivity index (χ1n) is 9.73. The molecule has 150 valence electrons. The lowest BCUT2D eigenvalue weighted by molar-refractivity contribution is 0.187. The Kier molecular flexibility index (Phi) is 5.46. The van der Waals surface area contributed by atoms with Crippen LogP contribution in [0.25, 0.3) is 11.4 Å². The van der Waals surface area contributed by atoms with E-state index in [4.69, 9.17) is 9.26 Å². The van der Waals surface area contributed by atoms with Crippen molar-refractivity contribution >= 4 is 11.7 Å². The molecular weight excluding hydrogens is 368 g/mol. The summed E-state index contributed by atoms with van der Waals surface area (Å²) in [5.41, 5.74) is 2.79. The first-order chi connectivity index (χ1) is 14.1. The zero-order chi connectivity index (χ0) is 20.2. The smallest absolute Gasteiger partial charge is 0.321 e. The van der Waals surface area contributed by atoms with E-state index in [1.807, 2.05) is 60.4 Å². The Morgan fingerprint density at radius 2 is 1.97 bits per heavy atom. The van der Waals surface area contributed by atoms with Crippen LogP contribution in [0.5, 0.6) is 5.75 Å². The van der Waals surface area contributed by atoms with E-state index < -0.39 is 0 Å². The van der Waals surface area contributed by atoms with Crippen LogP contribution in [-0.4, -0.2) is 41.3 Å². The summed E-state index contributed by atoms with van der Waals surface area (Å²) in [6.07, 6.45) is 1.59. The quantitative estimate of drug-likeness (QED) is 0.709. The minimum absolute atomic E-state index is 0.0725. The molecule has 2 amide bonds. The molecule has 3 aromatic rings. The maximum Gasteiger partial charge on any atom is 0.321 e. The number of nitrogens with zero attached hydrogens (tertiary/aromatic N) is 3. The maximum atomic E-state index is 12.5. The van der Waals surface area contributed by atoms with E-state index in [1.54, 1.807) is 7.11 Å². The first-order valence-corrected chi connectivity index (χ1v) is 9.73. The van der Waals surface area contributed by atoms with Crippen molar-refractivity contribution in [2.45, 2.75) is 25.7 Å². The predicted molar refractivity (Wildman–Crippen MR) is 110 cm³/mol. The van der Waals surface area contributed by atoms with Gasteiger partial charge in [0.2, 0.25) is 11.7 Å². The number of nitrogens with one attached hydrogen (secondary N) is 1. The van der Waals surface area contributed by atoms with Gasteiger partial charge < -0.3 is 19.5 Å². The van der Waals surface area contributed by atoms with Crippen molar-refractivity contribution in [2.24, 2.45) is 0 Å². The summed E-state index contributed by atoms with van der Waals surface area (Å²) >= 11 is 0. The first kappa shape index (κ1) is 19.0. The lowest BCUT2D eigenvalue weighted by Crippen LogP contribution is -2.40. The summed E-state index contributed by atoms with van der Waals surface area (Å²) in [5, 5.41) is 7.09. The summed E-state index contributed by atoms with van der Waals surface area (Å²) in [7, 11) is 1.63. The van der Waals surface area contributed by atoms with Crippen LogP contribution in [0.3, 0.4) is 0 Å². The third kappa shape index (κ3) is 4.39. The number of aromatic nitrogens is 2. The Balaban J connectivity index is 1.36. The van der Waals surface area contributed by atoms with Crippen molar-refractivity contribution in [1.29, 1.82) is 0 Å². The van der Waals surface area contributed by atoms with Crippen molar-refractivity contribution in [1.82, 2.24) is 15.0 Å². The average molecular weight is 392 g/mol. The number of urea groups is 1. The molecule has 7 heteroatoms. The van der Waals surface area contributed by atoms with E-state index in [0.29, 0.717) is 24.8 Å². The standard InChI is InChI=1S/C22H24N4O3/c1-15-5-3-7-18(13-15)23-22(27)26-11-9-16(10-12-26)21-24-20(25-29-21)17-6-4-8-19(14-17)28-2/h3-8,13-14,16H,9-12H2,1-2H3,(H,23,27). The molecule has 7 nitrogen and oxygen atoms in total. The molecule has 0 saturated carbocycles. The summed E-state index contributed by atoms with van der Waals surface area (Å²) in [6, 6.07) is 15.3. The number of aryl methyl sites for hydroxylation is 1. The third-order valence-corrected chi connectivity index (χ3v) is 5.17. The number of hydrogen-bond donors (Lipinski definition) is 1. The van der Waals surface area contributed by atoms with Gasteiger partial charge in [0.1, 0.15) is 5.75 Å². The van der Waals surface area contributed by atoms with E-state index in [0.717, 1.165) is 35.4 Å². The number of likely N-dealkylation sites (tertiary alicyclic amines) is 1. The number of benzene rings is 2. The predicted octanol–water partition coefficient (Wildman–Crippen LogP) is 4.47. The van der Waals surface area contributed by atoms with Crippen LogP contribution < -0.4 is 10.1 Å². The van der Waals surface area contributed by atoms with Gasteiger partial charge in [0.15, 0.2) is 0 Å². The average Bonchev–Trinajstić information content (AvgIpc) is 3.24. The van der Waals surface area contributed by atoms with Crippen LogP contribution in [0.2, 0.25) is 0 Å². The zero-order valence-electron chi connectivity index (χ0n) is 16.6. The van der Waals surface area contributed by atoms with E-state index >= 15 is 0 Å². The molecule has 0 bridgehead atoms. The Hall–Kier alpha value is -3.35. The second-order valence-corrected chi connectivity index (χ2v) is 7.25. The Morgan fingerprint density at radius 1 is 1.17 bits per heavy atom. The van der Waals surface area contributed by atoms with Gasteiger partial charge in [-0.2, -0.15) is 4.98 Å². The SMILES string of the molecule is COc1cccc(-c2noc(C3CCN(C(=O)Nc4cccc(C)c4)CC3)n2)c1. The highest BCUT2D eigenvalue weighted by atomic mass is 16.5. The minimum atomic E-state index is -0.0725. The molecule has 0 atom stereocenters. The Morgan fingerprint density at radius 3 is 2.72 bits per heavy atom. The molecule has 2 heterocycles. The number of carbonyl (C=O) groups is 1. The maximum absolute atomic E-state index is 12.5. The fourth-order valence-electron chi connectivity index (χ4n) is 3.54. The number of carbonyl (C=O) groups excluding carboxylic acids is 1. The number of methoxy groups -OCH3 is 1. The van der Waals surface area contributed by atoms with Crippen molar-refractivity contribution in [2.75, 3.05) is 25.5 Å². The number of rotatable bonds is 4. The zero-order valence-corrected chi connectivity index (χ0v) is 16.6. The summed E-state index contributed by atoms with van der Waals surface area (Å²) < 4.78 is 10.8. The fourth-order valence-corrected chi connectivity index (χ4v) is 3.54. The van der Waals surface area contributed by atoms with Crippen LogP contribution in [0, 0.1) is 6.92 Å². The molecular formula is C22H24N4O3. The molecule has 1 aliphatic heterocycles. The second-order valence-electron chi connectivity index (χ2n) is 7.25. The number of piperidine rings is 1. The minimum Gasteiger partial charge on any atom is -0.497 e.